The topological polar surface area (TPSA) is 92.5 Å². The zero-order chi connectivity index (χ0) is 19.9. The van der Waals surface area contributed by atoms with Crippen LogP contribution in [-0.2, 0) is 14.8 Å². The third-order valence-electron chi connectivity index (χ3n) is 4.50. The van der Waals surface area contributed by atoms with Gasteiger partial charge in [-0.2, -0.15) is 4.31 Å². The van der Waals surface area contributed by atoms with E-state index in [4.69, 9.17) is 16.0 Å². The van der Waals surface area contributed by atoms with Gasteiger partial charge < -0.3 is 9.73 Å². The maximum atomic E-state index is 12.6. The molecule has 0 unspecified atom stereocenters. The van der Waals surface area contributed by atoms with Crippen molar-refractivity contribution in [3.05, 3.63) is 53.4 Å². The van der Waals surface area contributed by atoms with E-state index in [9.17, 15) is 13.2 Å². The Labute approximate surface area is 167 Å². The smallest absolute Gasteiger partial charge is 0.243 e. The van der Waals surface area contributed by atoms with E-state index >= 15 is 0 Å². The van der Waals surface area contributed by atoms with Crippen LogP contribution in [0.4, 0.5) is 5.69 Å². The molecule has 1 heterocycles. The third kappa shape index (κ3) is 3.89. The summed E-state index contributed by atoms with van der Waals surface area (Å²) in [7, 11) is -2.44. The van der Waals surface area contributed by atoms with Crippen molar-refractivity contribution in [3.63, 3.8) is 0 Å². The number of hydrogen-bond acceptors (Lipinski definition) is 5. The molecule has 0 radical (unpaired) electrons. The second-order valence-corrected chi connectivity index (χ2v) is 9.25. The van der Waals surface area contributed by atoms with Gasteiger partial charge in [-0.15, -0.1) is 0 Å². The molecule has 0 atom stereocenters. The Morgan fingerprint density at radius 1 is 1.25 bits per heavy atom. The second-order valence-electron chi connectivity index (χ2n) is 6.77. The molecule has 9 heteroatoms. The lowest BCUT2D eigenvalue weighted by atomic mass is 10.3. The van der Waals surface area contributed by atoms with E-state index in [1.165, 1.54) is 31.3 Å². The Bertz CT molecular complexity index is 1140. The summed E-state index contributed by atoms with van der Waals surface area (Å²) in [6, 6.07) is 11.0. The van der Waals surface area contributed by atoms with Crippen LogP contribution in [0, 0.1) is 0 Å². The maximum absolute atomic E-state index is 12.6. The highest BCUT2D eigenvalue weighted by atomic mass is 35.5. The van der Waals surface area contributed by atoms with Gasteiger partial charge in [0.2, 0.25) is 15.9 Å². The average Bonchev–Trinajstić information content (AvgIpc) is 3.41. The van der Waals surface area contributed by atoms with Crippen molar-refractivity contribution >= 4 is 44.3 Å². The van der Waals surface area contributed by atoms with Crippen LogP contribution in [0.15, 0.2) is 51.8 Å². The molecule has 1 aliphatic rings. The normalized spacial score (nSPS) is 14.5. The number of benzene rings is 2. The molecule has 1 saturated carbocycles. The fourth-order valence-corrected chi connectivity index (χ4v) is 4.06. The van der Waals surface area contributed by atoms with E-state index in [1.807, 2.05) is 0 Å². The highest BCUT2D eigenvalue weighted by Crippen LogP contribution is 2.40. The number of amides is 1. The van der Waals surface area contributed by atoms with Gasteiger partial charge >= 0.3 is 0 Å². The van der Waals surface area contributed by atoms with Gasteiger partial charge in [0.15, 0.2) is 11.5 Å². The predicted octanol–water partition coefficient (Wildman–Crippen LogP) is 3.62. The van der Waals surface area contributed by atoms with Crippen LogP contribution in [0.2, 0.25) is 5.02 Å². The number of likely N-dealkylation sites (N-methyl/N-ethyl adjacent to an activating group) is 1. The van der Waals surface area contributed by atoms with E-state index in [0.717, 1.165) is 23.0 Å². The second kappa shape index (κ2) is 7.20. The van der Waals surface area contributed by atoms with Gasteiger partial charge in [0, 0.05) is 23.7 Å². The van der Waals surface area contributed by atoms with Crippen molar-refractivity contribution in [2.24, 2.45) is 0 Å². The largest absolute Gasteiger partial charge is 0.440 e. The molecule has 1 N–H and O–H groups in total. The standard InChI is InChI=1S/C19H18ClN3O4S/c1-23(28(25,26)15-7-4-13(20)5-8-15)11-18(24)21-14-6-9-17-16(10-14)22-19(27-17)12-2-3-12/h4-10,12H,2-3,11H2,1H3,(H,21,24). The van der Waals surface area contributed by atoms with Crippen LogP contribution >= 0.6 is 11.6 Å². The SMILES string of the molecule is CN(CC(=O)Nc1ccc2oc(C3CC3)nc2c1)S(=O)(=O)c1ccc(Cl)cc1. The molecule has 1 aliphatic carbocycles. The summed E-state index contributed by atoms with van der Waals surface area (Å²) in [5.74, 6) is 0.676. The van der Waals surface area contributed by atoms with Crippen molar-refractivity contribution in [3.8, 4) is 0 Å². The molecule has 1 amide bonds. The lowest BCUT2D eigenvalue weighted by Crippen LogP contribution is -2.34. The maximum Gasteiger partial charge on any atom is 0.243 e. The van der Waals surface area contributed by atoms with Crippen LogP contribution < -0.4 is 5.32 Å². The van der Waals surface area contributed by atoms with Gasteiger partial charge in [0.05, 0.1) is 11.4 Å². The first-order valence-corrected chi connectivity index (χ1v) is 10.6. The summed E-state index contributed by atoms with van der Waals surface area (Å²) in [6.45, 7) is -0.324. The number of sulfonamides is 1. The number of fused-ring (bicyclic) bond motifs is 1. The molecule has 3 aromatic rings. The number of nitrogens with one attached hydrogen (secondary N) is 1. The monoisotopic (exact) mass is 419 g/mol. The molecule has 146 valence electrons. The van der Waals surface area contributed by atoms with Crippen LogP contribution in [0.5, 0.6) is 0 Å². The minimum atomic E-state index is -3.79. The fraction of sp³-hybridized carbons (Fsp3) is 0.263. The van der Waals surface area contributed by atoms with E-state index in [2.05, 4.69) is 10.3 Å². The van der Waals surface area contributed by atoms with Crippen LogP contribution in [-0.4, -0.2) is 37.2 Å². The first kappa shape index (κ1) is 18.9. The molecule has 0 saturated heterocycles. The Kier molecular flexibility index (Phi) is 4.86. The molecule has 28 heavy (non-hydrogen) atoms. The number of aromatic nitrogens is 1. The zero-order valence-corrected chi connectivity index (χ0v) is 16.6. The van der Waals surface area contributed by atoms with Crippen molar-refractivity contribution in [2.75, 3.05) is 18.9 Å². The van der Waals surface area contributed by atoms with Crippen LogP contribution in [0.1, 0.15) is 24.7 Å². The molecule has 1 aromatic heterocycles. The van der Waals surface area contributed by atoms with Gasteiger partial charge in [-0.25, -0.2) is 13.4 Å². The summed E-state index contributed by atoms with van der Waals surface area (Å²) < 4.78 is 31.8. The summed E-state index contributed by atoms with van der Waals surface area (Å²) in [4.78, 5) is 16.9. The van der Waals surface area contributed by atoms with E-state index in [0.29, 0.717) is 27.7 Å². The molecule has 0 spiro atoms. The van der Waals surface area contributed by atoms with Crippen LogP contribution in [0.25, 0.3) is 11.1 Å². The number of nitrogens with zero attached hydrogens (tertiary/aromatic N) is 2. The lowest BCUT2D eigenvalue weighted by Gasteiger charge is -2.17. The molecular formula is C19H18ClN3O4S. The van der Waals surface area contributed by atoms with Crippen LogP contribution in [0.3, 0.4) is 0 Å². The van der Waals surface area contributed by atoms with Crippen molar-refractivity contribution in [1.82, 2.24) is 9.29 Å². The summed E-state index contributed by atoms with van der Waals surface area (Å²) in [6.07, 6.45) is 2.18. The fourth-order valence-electron chi connectivity index (χ4n) is 2.80. The molecule has 2 aromatic carbocycles. The average molecular weight is 420 g/mol. The number of anilines is 1. The summed E-state index contributed by atoms with van der Waals surface area (Å²) in [5, 5.41) is 3.14. The highest BCUT2D eigenvalue weighted by molar-refractivity contribution is 7.89. The molecule has 1 fully saturated rings. The van der Waals surface area contributed by atoms with Crippen molar-refractivity contribution < 1.29 is 17.6 Å². The molecule has 4 rings (SSSR count). The molecular weight excluding hydrogens is 402 g/mol. The predicted molar refractivity (Wildman–Crippen MR) is 106 cm³/mol. The summed E-state index contributed by atoms with van der Waals surface area (Å²) >= 11 is 5.80. The van der Waals surface area contributed by atoms with Gasteiger partial charge in [-0.1, -0.05) is 11.6 Å². The van der Waals surface area contributed by atoms with Gasteiger partial charge in [0.25, 0.3) is 0 Å². The molecule has 0 bridgehead atoms. The third-order valence-corrected chi connectivity index (χ3v) is 6.57. The number of carbonyl (C=O) groups is 1. The Balaban J connectivity index is 1.44. The minimum absolute atomic E-state index is 0.0730. The number of halogens is 1. The quantitative estimate of drug-likeness (QED) is 0.658. The molecule has 0 aliphatic heterocycles. The first-order chi connectivity index (χ1) is 13.3. The number of carbonyl (C=O) groups excluding carboxylic acids is 1. The number of oxazole rings is 1. The Hall–Kier alpha value is -2.42. The van der Waals surface area contributed by atoms with E-state index in [1.54, 1.807) is 18.2 Å². The highest BCUT2D eigenvalue weighted by Gasteiger charge is 2.29. The Morgan fingerprint density at radius 3 is 2.64 bits per heavy atom. The lowest BCUT2D eigenvalue weighted by molar-refractivity contribution is -0.116. The van der Waals surface area contributed by atoms with Gasteiger partial charge in [0.1, 0.15) is 5.52 Å². The Morgan fingerprint density at radius 2 is 1.96 bits per heavy atom. The number of rotatable bonds is 6. The first-order valence-electron chi connectivity index (χ1n) is 8.75. The van der Waals surface area contributed by atoms with Gasteiger partial charge in [-0.05, 0) is 55.3 Å². The van der Waals surface area contributed by atoms with E-state index in [-0.39, 0.29) is 11.4 Å². The number of hydrogen-bond donors (Lipinski definition) is 1. The van der Waals surface area contributed by atoms with E-state index < -0.39 is 15.9 Å². The molecule has 7 nitrogen and oxygen atoms in total. The minimum Gasteiger partial charge on any atom is -0.440 e. The van der Waals surface area contributed by atoms with Crippen molar-refractivity contribution in [2.45, 2.75) is 23.7 Å². The summed E-state index contributed by atoms with van der Waals surface area (Å²) in [5.41, 5.74) is 1.87. The van der Waals surface area contributed by atoms with Crippen molar-refractivity contribution in [1.29, 1.82) is 0 Å². The zero-order valence-electron chi connectivity index (χ0n) is 15.1. The van der Waals surface area contributed by atoms with Gasteiger partial charge in [-0.3, -0.25) is 4.79 Å².